The number of piperidine rings is 2. The fraction of sp³-hybridized carbons (Fsp3) is 0.833. The molecule has 0 aliphatic carbocycles. The number of rotatable bonds is 5. The summed E-state index contributed by atoms with van der Waals surface area (Å²) in [5.41, 5.74) is 0. The third-order valence-electron chi connectivity index (χ3n) is 4.95. The molecule has 0 saturated carbocycles. The molecule has 2 aliphatic rings. The molecule has 0 aromatic heterocycles. The van der Waals surface area contributed by atoms with Crippen LogP contribution in [0.15, 0.2) is 0 Å². The maximum absolute atomic E-state index is 12.2. The average molecular weight is 305 g/mol. The number of amides is 1. The van der Waals surface area contributed by atoms with Crippen molar-refractivity contribution in [2.75, 3.05) is 45.8 Å². The smallest absolute Gasteiger partial charge is 0.223 e. The van der Waals surface area contributed by atoms with Crippen LogP contribution in [0.4, 0.5) is 0 Å². The molecule has 0 aromatic rings. The first-order valence-electron chi connectivity index (χ1n) is 8.74. The van der Waals surface area contributed by atoms with Gasteiger partial charge < -0.3 is 10.2 Å². The quantitative estimate of drug-likeness (QED) is 0.781. The summed E-state index contributed by atoms with van der Waals surface area (Å²) in [5, 5.41) is 3.14. The Hall–Kier alpha value is -1.05. The van der Waals surface area contributed by atoms with E-state index >= 15 is 0 Å². The lowest BCUT2D eigenvalue weighted by Crippen LogP contribution is -2.45. The van der Waals surface area contributed by atoms with E-state index in [1.54, 1.807) is 0 Å². The maximum Gasteiger partial charge on any atom is 0.223 e. The average Bonchev–Trinajstić information content (AvgIpc) is 2.47. The van der Waals surface area contributed by atoms with Crippen LogP contribution in [0.1, 0.15) is 33.1 Å². The van der Waals surface area contributed by atoms with Gasteiger partial charge >= 0.3 is 0 Å². The molecule has 2 fully saturated rings. The summed E-state index contributed by atoms with van der Waals surface area (Å²) in [6.45, 7) is 11.4. The lowest BCUT2D eigenvalue weighted by atomic mass is 9.92. The third kappa shape index (κ3) is 5.30. The van der Waals surface area contributed by atoms with Crippen LogP contribution in [0.25, 0.3) is 0 Å². The maximum atomic E-state index is 12.2. The molecule has 4 heteroatoms. The number of nitrogens with zero attached hydrogens (tertiary/aromatic N) is 2. The summed E-state index contributed by atoms with van der Waals surface area (Å²) in [6.07, 6.45) is 8.54. The highest BCUT2D eigenvalue weighted by molar-refractivity contribution is 5.78. The van der Waals surface area contributed by atoms with Crippen LogP contribution >= 0.6 is 0 Å². The van der Waals surface area contributed by atoms with Gasteiger partial charge in [0.05, 0.1) is 6.54 Å². The lowest BCUT2D eigenvalue weighted by Gasteiger charge is -2.35. The van der Waals surface area contributed by atoms with E-state index in [0.717, 1.165) is 50.9 Å². The van der Waals surface area contributed by atoms with Crippen molar-refractivity contribution < 1.29 is 4.79 Å². The standard InChI is InChI=1S/C18H31N3O/c1-4-8-20-9-5-17(6-10-20)18(22)19-7-11-21-13-15(2)12-16(3)14-21/h1,15-17H,5-14H2,2-3H3,(H,19,22). The molecule has 2 heterocycles. The third-order valence-corrected chi connectivity index (χ3v) is 4.95. The van der Waals surface area contributed by atoms with E-state index in [-0.39, 0.29) is 11.8 Å². The van der Waals surface area contributed by atoms with E-state index in [2.05, 4.69) is 34.9 Å². The molecule has 2 rings (SSSR count). The summed E-state index contributed by atoms with van der Waals surface area (Å²) >= 11 is 0. The van der Waals surface area contributed by atoms with Gasteiger partial charge in [-0.15, -0.1) is 6.42 Å². The Labute approximate surface area is 135 Å². The van der Waals surface area contributed by atoms with Crippen molar-refractivity contribution in [3.05, 3.63) is 0 Å². The second-order valence-corrected chi connectivity index (χ2v) is 7.25. The predicted molar refractivity (Wildman–Crippen MR) is 90.4 cm³/mol. The Morgan fingerprint density at radius 1 is 1.18 bits per heavy atom. The van der Waals surface area contributed by atoms with E-state index in [9.17, 15) is 4.79 Å². The summed E-state index contributed by atoms with van der Waals surface area (Å²) < 4.78 is 0. The van der Waals surface area contributed by atoms with Gasteiger partial charge in [-0.05, 0) is 44.2 Å². The highest BCUT2D eigenvalue weighted by atomic mass is 16.1. The number of nitrogens with one attached hydrogen (secondary N) is 1. The normalized spacial score (nSPS) is 28.2. The van der Waals surface area contributed by atoms with Crippen LogP contribution in [-0.4, -0.2) is 61.5 Å². The Morgan fingerprint density at radius 3 is 2.41 bits per heavy atom. The second kappa shape index (κ2) is 8.55. The molecule has 2 saturated heterocycles. The number of carbonyl (C=O) groups excluding carboxylic acids is 1. The zero-order valence-corrected chi connectivity index (χ0v) is 14.2. The summed E-state index contributed by atoms with van der Waals surface area (Å²) in [5.74, 6) is 4.64. The first-order chi connectivity index (χ1) is 10.6. The first-order valence-corrected chi connectivity index (χ1v) is 8.74. The molecule has 0 bridgehead atoms. The van der Waals surface area contributed by atoms with Crippen LogP contribution < -0.4 is 5.32 Å². The van der Waals surface area contributed by atoms with Gasteiger partial charge in [0.1, 0.15) is 0 Å². The van der Waals surface area contributed by atoms with Crippen LogP contribution in [-0.2, 0) is 4.79 Å². The van der Waals surface area contributed by atoms with E-state index in [1.165, 1.54) is 19.5 Å². The van der Waals surface area contributed by atoms with Crippen LogP contribution in [0, 0.1) is 30.1 Å². The number of hydrogen-bond acceptors (Lipinski definition) is 3. The molecule has 1 N–H and O–H groups in total. The number of carbonyl (C=O) groups is 1. The van der Waals surface area contributed by atoms with Gasteiger partial charge in [0.25, 0.3) is 0 Å². The summed E-state index contributed by atoms with van der Waals surface area (Å²) in [7, 11) is 0. The first kappa shape index (κ1) is 17.3. The highest BCUT2D eigenvalue weighted by Crippen LogP contribution is 2.20. The van der Waals surface area contributed by atoms with Crippen molar-refractivity contribution >= 4 is 5.91 Å². The van der Waals surface area contributed by atoms with Crippen molar-refractivity contribution in [2.24, 2.45) is 17.8 Å². The Balaban J connectivity index is 1.63. The number of hydrogen-bond donors (Lipinski definition) is 1. The minimum atomic E-state index is 0.174. The zero-order chi connectivity index (χ0) is 15.9. The van der Waals surface area contributed by atoms with Gasteiger partial charge in [0.2, 0.25) is 5.91 Å². The molecule has 0 spiro atoms. The van der Waals surface area contributed by atoms with Crippen LogP contribution in [0.2, 0.25) is 0 Å². The minimum Gasteiger partial charge on any atom is -0.355 e. The fourth-order valence-corrected chi connectivity index (χ4v) is 3.94. The number of likely N-dealkylation sites (tertiary alicyclic amines) is 2. The van der Waals surface area contributed by atoms with E-state index in [0.29, 0.717) is 6.54 Å². The molecule has 4 nitrogen and oxygen atoms in total. The van der Waals surface area contributed by atoms with Crippen LogP contribution in [0.5, 0.6) is 0 Å². The molecule has 2 unspecified atom stereocenters. The Kier molecular flexibility index (Phi) is 6.72. The van der Waals surface area contributed by atoms with Crippen molar-refractivity contribution in [1.29, 1.82) is 0 Å². The van der Waals surface area contributed by atoms with E-state index < -0.39 is 0 Å². The Morgan fingerprint density at radius 2 is 1.82 bits per heavy atom. The Bertz CT molecular complexity index is 386. The second-order valence-electron chi connectivity index (χ2n) is 7.25. The molecule has 0 aromatic carbocycles. The lowest BCUT2D eigenvalue weighted by molar-refractivity contribution is -0.126. The molecule has 1 amide bonds. The predicted octanol–water partition coefficient (Wildman–Crippen LogP) is 1.43. The topological polar surface area (TPSA) is 35.6 Å². The van der Waals surface area contributed by atoms with Crippen molar-refractivity contribution in [3.8, 4) is 12.3 Å². The van der Waals surface area contributed by atoms with E-state index in [1.807, 2.05) is 0 Å². The molecule has 2 atom stereocenters. The SMILES string of the molecule is C#CCN1CCC(C(=O)NCCN2CC(C)CC(C)C2)CC1. The number of terminal acetylenes is 1. The highest BCUT2D eigenvalue weighted by Gasteiger charge is 2.25. The van der Waals surface area contributed by atoms with Gasteiger partial charge in [-0.25, -0.2) is 0 Å². The van der Waals surface area contributed by atoms with Crippen molar-refractivity contribution in [2.45, 2.75) is 33.1 Å². The fourth-order valence-electron chi connectivity index (χ4n) is 3.94. The van der Waals surface area contributed by atoms with Crippen molar-refractivity contribution in [1.82, 2.24) is 15.1 Å². The molecule has 2 aliphatic heterocycles. The molecule has 22 heavy (non-hydrogen) atoms. The van der Waals surface area contributed by atoms with E-state index in [4.69, 9.17) is 6.42 Å². The largest absolute Gasteiger partial charge is 0.355 e. The van der Waals surface area contributed by atoms with Gasteiger partial charge in [0.15, 0.2) is 0 Å². The molecule has 0 radical (unpaired) electrons. The molecular formula is C18H31N3O. The minimum absolute atomic E-state index is 0.174. The summed E-state index contributed by atoms with van der Waals surface area (Å²) in [4.78, 5) is 17.0. The monoisotopic (exact) mass is 305 g/mol. The van der Waals surface area contributed by atoms with Crippen LogP contribution in [0.3, 0.4) is 0 Å². The molecular weight excluding hydrogens is 274 g/mol. The summed E-state index contributed by atoms with van der Waals surface area (Å²) in [6, 6.07) is 0. The van der Waals surface area contributed by atoms with Gasteiger partial charge in [-0.2, -0.15) is 0 Å². The molecule has 124 valence electrons. The van der Waals surface area contributed by atoms with Crippen molar-refractivity contribution in [3.63, 3.8) is 0 Å². The van der Waals surface area contributed by atoms with Gasteiger partial charge in [-0.1, -0.05) is 19.8 Å². The van der Waals surface area contributed by atoms with Gasteiger partial charge in [-0.3, -0.25) is 9.69 Å². The zero-order valence-electron chi connectivity index (χ0n) is 14.2. The van der Waals surface area contributed by atoms with Gasteiger partial charge in [0, 0.05) is 32.1 Å².